The monoisotopic (exact) mass is 258 g/mol. The number of halogens is 3. The number of carbonyl (C=O) groups excluding carboxylic acids is 1. The zero-order valence-electron chi connectivity index (χ0n) is 10.0. The highest BCUT2D eigenvalue weighted by molar-refractivity contribution is 5.94. The fraction of sp³-hybridized carbons (Fsp3) is 0.250. The average Bonchev–Trinajstić information content (AvgIpc) is 2.27. The lowest BCUT2D eigenvalue weighted by atomic mass is 10.2. The summed E-state index contributed by atoms with van der Waals surface area (Å²) in [5, 5.41) is 2.35. The molecule has 0 saturated heterocycles. The highest BCUT2D eigenvalue weighted by Gasteiger charge is 2.31. The van der Waals surface area contributed by atoms with Gasteiger partial charge in [0.25, 0.3) is 0 Å². The molecule has 0 spiro atoms. The van der Waals surface area contributed by atoms with Crippen LogP contribution < -0.4 is 10.2 Å². The number of nitrogens with zero attached hydrogens (tertiary/aromatic N) is 1. The molecule has 2 amide bonds. The number of alkyl halides is 3. The third-order valence-corrected chi connectivity index (χ3v) is 2.23. The largest absolute Gasteiger partial charge is 0.416 e. The molecule has 6 heteroatoms. The number of anilines is 1. The van der Waals surface area contributed by atoms with E-state index in [1.807, 2.05) is 0 Å². The Morgan fingerprint density at radius 2 is 2.00 bits per heavy atom. The smallest absolute Gasteiger partial charge is 0.340 e. The van der Waals surface area contributed by atoms with Gasteiger partial charge in [-0.3, -0.25) is 4.90 Å². The molecule has 0 radical (unpaired) electrons. The maximum Gasteiger partial charge on any atom is 0.416 e. The molecule has 1 aromatic rings. The molecule has 0 saturated carbocycles. The maximum atomic E-state index is 12.6. The minimum atomic E-state index is -4.44. The molecule has 1 N–H and O–H groups in total. The highest BCUT2D eigenvalue weighted by Crippen LogP contribution is 2.32. The maximum absolute atomic E-state index is 12.6. The highest BCUT2D eigenvalue weighted by atomic mass is 19.4. The molecule has 0 heterocycles. The fourth-order valence-electron chi connectivity index (χ4n) is 1.44. The van der Waals surface area contributed by atoms with Crippen LogP contribution in [-0.4, -0.2) is 13.1 Å². The van der Waals surface area contributed by atoms with Gasteiger partial charge in [-0.2, -0.15) is 13.2 Å². The van der Waals surface area contributed by atoms with Gasteiger partial charge in [-0.05, 0) is 25.1 Å². The third-order valence-electron chi connectivity index (χ3n) is 2.23. The van der Waals surface area contributed by atoms with Crippen molar-refractivity contribution >= 4 is 11.7 Å². The lowest BCUT2D eigenvalue weighted by molar-refractivity contribution is -0.137. The van der Waals surface area contributed by atoms with E-state index in [4.69, 9.17) is 0 Å². The summed E-state index contributed by atoms with van der Waals surface area (Å²) < 4.78 is 37.7. The van der Waals surface area contributed by atoms with E-state index in [1.54, 1.807) is 0 Å². The first-order chi connectivity index (χ1) is 8.27. The average molecular weight is 258 g/mol. The summed E-state index contributed by atoms with van der Waals surface area (Å²) in [5.41, 5.74) is -0.361. The Labute approximate surface area is 103 Å². The van der Waals surface area contributed by atoms with Crippen molar-refractivity contribution < 1.29 is 18.0 Å². The van der Waals surface area contributed by atoms with E-state index >= 15 is 0 Å². The van der Waals surface area contributed by atoms with E-state index in [0.717, 1.165) is 17.0 Å². The van der Waals surface area contributed by atoms with E-state index in [0.29, 0.717) is 5.70 Å². The van der Waals surface area contributed by atoms with E-state index in [9.17, 15) is 18.0 Å². The summed E-state index contributed by atoms with van der Waals surface area (Å²) in [7, 11) is 1.39. The number of amides is 2. The van der Waals surface area contributed by atoms with Gasteiger partial charge in [-0.15, -0.1) is 0 Å². The Morgan fingerprint density at radius 3 is 2.44 bits per heavy atom. The van der Waals surface area contributed by atoms with Crippen molar-refractivity contribution in [3.05, 3.63) is 42.1 Å². The Balaban J connectivity index is 3.22. The summed E-state index contributed by atoms with van der Waals surface area (Å²) in [6, 6.07) is 3.98. The van der Waals surface area contributed by atoms with Crippen molar-refractivity contribution in [3.63, 3.8) is 0 Å². The van der Waals surface area contributed by atoms with Crippen molar-refractivity contribution in [1.82, 2.24) is 5.32 Å². The number of rotatable bonds is 2. The van der Waals surface area contributed by atoms with Gasteiger partial charge in [-0.1, -0.05) is 12.6 Å². The van der Waals surface area contributed by atoms with Crippen molar-refractivity contribution in [2.45, 2.75) is 13.1 Å². The first kappa shape index (κ1) is 14.1. The zero-order valence-corrected chi connectivity index (χ0v) is 10.0. The minimum absolute atomic E-state index is 0.122. The Bertz CT molecular complexity index is 469. The van der Waals surface area contributed by atoms with Crippen molar-refractivity contribution in [2.75, 3.05) is 11.9 Å². The second-order valence-corrected chi connectivity index (χ2v) is 3.67. The number of urea groups is 1. The van der Waals surface area contributed by atoms with Gasteiger partial charge in [-0.25, -0.2) is 4.79 Å². The van der Waals surface area contributed by atoms with Crippen LogP contribution in [0.3, 0.4) is 0 Å². The second kappa shape index (κ2) is 5.12. The summed E-state index contributed by atoms with van der Waals surface area (Å²) >= 11 is 0. The quantitative estimate of drug-likeness (QED) is 0.866. The van der Waals surface area contributed by atoms with Crippen LogP contribution in [0.2, 0.25) is 0 Å². The molecule has 0 unspecified atom stereocenters. The number of benzene rings is 1. The molecule has 3 nitrogen and oxygen atoms in total. The lowest BCUT2D eigenvalue weighted by Crippen LogP contribution is -2.36. The van der Waals surface area contributed by atoms with Crippen LogP contribution >= 0.6 is 0 Å². The molecule has 1 aromatic carbocycles. The predicted octanol–water partition coefficient (Wildman–Crippen LogP) is 3.38. The van der Waals surface area contributed by atoms with Crippen LogP contribution in [0, 0.1) is 0 Å². The summed E-state index contributed by atoms with van der Waals surface area (Å²) in [4.78, 5) is 12.7. The molecule has 0 aliphatic rings. The van der Waals surface area contributed by atoms with Gasteiger partial charge in [0.05, 0.1) is 11.3 Å². The SMILES string of the molecule is C=C(C)N(C(=O)NC)c1cccc(C(F)(F)F)c1. The Kier molecular flexibility index (Phi) is 4.00. The first-order valence-corrected chi connectivity index (χ1v) is 5.12. The van der Waals surface area contributed by atoms with Gasteiger partial charge in [0, 0.05) is 12.7 Å². The van der Waals surface area contributed by atoms with E-state index in [1.165, 1.54) is 26.1 Å². The van der Waals surface area contributed by atoms with Crippen LogP contribution in [0.15, 0.2) is 36.5 Å². The van der Waals surface area contributed by atoms with Crippen LogP contribution in [0.5, 0.6) is 0 Å². The molecule has 98 valence electrons. The van der Waals surface area contributed by atoms with Crippen molar-refractivity contribution in [1.29, 1.82) is 0 Å². The van der Waals surface area contributed by atoms with Crippen LogP contribution in [0.1, 0.15) is 12.5 Å². The van der Waals surface area contributed by atoms with Gasteiger partial charge < -0.3 is 5.32 Å². The Hall–Kier alpha value is -1.98. The zero-order chi connectivity index (χ0) is 13.9. The normalized spacial score (nSPS) is 10.9. The summed E-state index contributed by atoms with van der Waals surface area (Å²) in [5.74, 6) is 0. The first-order valence-electron chi connectivity index (χ1n) is 5.12. The number of carbonyl (C=O) groups is 1. The third kappa shape index (κ3) is 3.03. The van der Waals surface area contributed by atoms with Crippen LogP contribution in [0.25, 0.3) is 0 Å². The number of hydrogen-bond donors (Lipinski definition) is 1. The summed E-state index contributed by atoms with van der Waals surface area (Å²) in [6.07, 6.45) is -4.44. The molecule has 0 fully saturated rings. The van der Waals surface area contributed by atoms with Gasteiger partial charge in [0.15, 0.2) is 0 Å². The van der Waals surface area contributed by atoms with Crippen molar-refractivity contribution in [3.8, 4) is 0 Å². The molecule has 0 aliphatic carbocycles. The Morgan fingerprint density at radius 1 is 1.39 bits per heavy atom. The molecule has 0 aliphatic heterocycles. The van der Waals surface area contributed by atoms with E-state index in [-0.39, 0.29) is 5.69 Å². The van der Waals surface area contributed by atoms with Crippen molar-refractivity contribution in [2.24, 2.45) is 0 Å². The van der Waals surface area contributed by atoms with E-state index in [2.05, 4.69) is 11.9 Å². The van der Waals surface area contributed by atoms with Crippen LogP contribution in [0.4, 0.5) is 23.7 Å². The molecule has 0 aromatic heterocycles. The number of nitrogens with one attached hydrogen (secondary N) is 1. The predicted molar refractivity (Wildman–Crippen MR) is 63.2 cm³/mol. The van der Waals surface area contributed by atoms with Gasteiger partial charge in [0.1, 0.15) is 0 Å². The molecule has 0 bridgehead atoms. The standard InChI is InChI=1S/C12H13F3N2O/c1-8(2)17(11(18)16-3)10-6-4-5-9(7-10)12(13,14)15/h4-7H,1H2,2-3H3,(H,16,18). The topological polar surface area (TPSA) is 32.3 Å². The lowest BCUT2D eigenvalue weighted by Gasteiger charge is -2.23. The molecular weight excluding hydrogens is 245 g/mol. The molecule has 0 atom stereocenters. The summed E-state index contributed by atoms with van der Waals surface area (Å²) in [6.45, 7) is 5.11. The van der Waals surface area contributed by atoms with Crippen LogP contribution in [-0.2, 0) is 6.18 Å². The second-order valence-electron chi connectivity index (χ2n) is 3.67. The molecular formula is C12H13F3N2O. The van der Waals surface area contributed by atoms with Gasteiger partial charge in [0.2, 0.25) is 0 Å². The molecule has 1 rings (SSSR count). The number of hydrogen-bond acceptors (Lipinski definition) is 1. The minimum Gasteiger partial charge on any atom is -0.340 e. The fourth-order valence-corrected chi connectivity index (χ4v) is 1.44. The molecule has 18 heavy (non-hydrogen) atoms. The van der Waals surface area contributed by atoms with E-state index < -0.39 is 17.8 Å². The van der Waals surface area contributed by atoms with Gasteiger partial charge >= 0.3 is 12.2 Å². The number of allylic oxidation sites excluding steroid dienone is 1.